The number of ketones is 1. The van der Waals surface area contributed by atoms with Gasteiger partial charge in [-0.25, -0.2) is 9.18 Å². The van der Waals surface area contributed by atoms with Crippen molar-refractivity contribution in [1.29, 1.82) is 0 Å². The predicted molar refractivity (Wildman–Crippen MR) is 106 cm³/mol. The van der Waals surface area contributed by atoms with E-state index in [0.29, 0.717) is 12.2 Å². The van der Waals surface area contributed by atoms with E-state index in [4.69, 9.17) is 21.1 Å². The number of aromatic nitrogens is 1. The quantitative estimate of drug-likeness (QED) is 0.366. The summed E-state index contributed by atoms with van der Waals surface area (Å²) in [5, 5.41) is 0.178. The van der Waals surface area contributed by atoms with Crippen LogP contribution in [0.25, 0.3) is 6.08 Å². The number of halogens is 2. The number of carbonyl (C=O) groups excluding carboxylic acids is 2. The Morgan fingerprint density at radius 2 is 2.04 bits per heavy atom. The maximum atomic E-state index is 13.7. The Morgan fingerprint density at radius 1 is 1.32 bits per heavy atom. The molecule has 0 bridgehead atoms. The molecule has 0 radical (unpaired) electrons. The molecule has 7 heteroatoms. The molecular formula is C21H23ClFNO4. The van der Waals surface area contributed by atoms with Gasteiger partial charge < -0.3 is 14.0 Å². The number of hydrogen-bond donors (Lipinski definition) is 0. The molecule has 0 N–H and O–H groups in total. The van der Waals surface area contributed by atoms with Gasteiger partial charge in [-0.05, 0) is 45.0 Å². The molecule has 28 heavy (non-hydrogen) atoms. The Kier molecular flexibility index (Phi) is 7.54. The molecule has 0 spiro atoms. The van der Waals surface area contributed by atoms with Gasteiger partial charge in [-0.15, -0.1) is 0 Å². The van der Waals surface area contributed by atoms with Crippen LogP contribution in [0.1, 0.15) is 40.3 Å². The van der Waals surface area contributed by atoms with Crippen LogP contribution in [0, 0.1) is 19.7 Å². The number of benzene rings is 1. The first-order valence-corrected chi connectivity index (χ1v) is 9.13. The fraction of sp³-hybridized carbons (Fsp3) is 0.333. The number of esters is 1. The van der Waals surface area contributed by atoms with E-state index in [1.165, 1.54) is 24.3 Å². The van der Waals surface area contributed by atoms with Gasteiger partial charge in [0.2, 0.25) is 5.78 Å². The van der Waals surface area contributed by atoms with Crippen LogP contribution in [-0.4, -0.2) is 36.6 Å². The summed E-state index contributed by atoms with van der Waals surface area (Å²) in [7, 11) is 1.62. The van der Waals surface area contributed by atoms with Crippen LogP contribution in [0.3, 0.4) is 0 Å². The second-order valence-corrected chi connectivity index (χ2v) is 6.87. The van der Waals surface area contributed by atoms with Gasteiger partial charge in [-0.3, -0.25) is 4.79 Å². The summed E-state index contributed by atoms with van der Waals surface area (Å²) in [5.74, 6) is -1.62. The third-order valence-corrected chi connectivity index (χ3v) is 4.69. The molecule has 0 amide bonds. The topological polar surface area (TPSA) is 57.5 Å². The summed E-state index contributed by atoms with van der Waals surface area (Å²) >= 11 is 5.89. The summed E-state index contributed by atoms with van der Waals surface area (Å²) < 4.78 is 25.9. The Bertz CT molecular complexity index is 884. The van der Waals surface area contributed by atoms with Crippen LogP contribution in [0.2, 0.25) is 5.02 Å². The van der Waals surface area contributed by atoms with Crippen LogP contribution in [0.4, 0.5) is 4.39 Å². The van der Waals surface area contributed by atoms with Gasteiger partial charge in [0.25, 0.3) is 0 Å². The van der Waals surface area contributed by atoms with Crippen molar-refractivity contribution >= 4 is 29.4 Å². The van der Waals surface area contributed by atoms with Crippen molar-refractivity contribution in [2.24, 2.45) is 0 Å². The zero-order chi connectivity index (χ0) is 20.8. The second kappa shape index (κ2) is 9.66. The molecule has 1 atom stereocenters. The SMILES string of the molecule is COC[C@H](C)n1c(C)cc(C(=O)COC(=O)/C=C/c2c(F)cccc2Cl)c1C. The fourth-order valence-corrected chi connectivity index (χ4v) is 3.36. The smallest absolute Gasteiger partial charge is 0.331 e. The minimum absolute atomic E-state index is 0.0718. The molecule has 1 heterocycles. The molecule has 0 saturated heterocycles. The molecule has 1 aromatic heterocycles. The molecule has 0 aliphatic carbocycles. The largest absolute Gasteiger partial charge is 0.454 e. The minimum atomic E-state index is -0.755. The van der Waals surface area contributed by atoms with Gasteiger partial charge in [0.15, 0.2) is 6.61 Å². The lowest BCUT2D eigenvalue weighted by molar-refractivity contribution is -0.136. The first kappa shape index (κ1) is 21.9. The summed E-state index contributed by atoms with van der Waals surface area (Å²) in [6.45, 7) is 5.85. The Hall–Kier alpha value is -2.44. The third kappa shape index (κ3) is 5.09. The predicted octanol–water partition coefficient (Wildman–Crippen LogP) is 4.54. The number of Topliss-reactive ketones (excluding diaryl/α,β-unsaturated/α-hetero) is 1. The fourth-order valence-electron chi connectivity index (χ4n) is 3.14. The van der Waals surface area contributed by atoms with Crippen molar-refractivity contribution < 1.29 is 23.5 Å². The van der Waals surface area contributed by atoms with E-state index in [1.807, 2.05) is 25.3 Å². The van der Waals surface area contributed by atoms with Crippen LogP contribution in [-0.2, 0) is 14.3 Å². The van der Waals surface area contributed by atoms with Crippen molar-refractivity contribution in [2.45, 2.75) is 26.8 Å². The summed E-state index contributed by atoms with van der Waals surface area (Å²) in [4.78, 5) is 24.3. The Balaban J connectivity index is 2.03. The van der Waals surface area contributed by atoms with E-state index in [1.54, 1.807) is 13.2 Å². The Labute approximate surface area is 168 Å². The average Bonchev–Trinajstić information content (AvgIpc) is 2.94. The molecule has 0 aliphatic rings. The minimum Gasteiger partial charge on any atom is -0.454 e. The maximum Gasteiger partial charge on any atom is 0.331 e. The maximum absolute atomic E-state index is 13.7. The van der Waals surface area contributed by atoms with E-state index in [9.17, 15) is 14.0 Å². The van der Waals surface area contributed by atoms with Crippen LogP contribution < -0.4 is 0 Å². The monoisotopic (exact) mass is 407 g/mol. The molecule has 2 aromatic rings. The van der Waals surface area contributed by atoms with Crippen molar-refractivity contribution in [3.05, 3.63) is 63.7 Å². The number of ether oxygens (including phenoxy) is 2. The zero-order valence-corrected chi connectivity index (χ0v) is 17.0. The van der Waals surface area contributed by atoms with Gasteiger partial charge in [0.1, 0.15) is 5.82 Å². The molecular weight excluding hydrogens is 385 g/mol. The molecule has 150 valence electrons. The zero-order valence-electron chi connectivity index (χ0n) is 16.3. The highest BCUT2D eigenvalue weighted by atomic mass is 35.5. The average molecular weight is 408 g/mol. The van der Waals surface area contributed by atoms with Gasteiger partial charge in [-0.1, -0.05) is 17.7 Å². The van der Waals surface area contributed by atoms with E-state index in [0.717, 1.165) is 17.5 Å². The first-order chi connectivity index (χ1) is 13.3. The van der Waals surface area contributed by atoms with Crippen LogP contribution >= 0.6 is 11.6 Å². The summed E-state index contributed by atoms with van der Waals surface area (Å²) in [6.07, 6.45) is 2.27. The molecule has 0 unspecified atom stereocenters. The standard InChI is InChI=1S/C21H23ClFNO4/c1-13-10-17(15(3)24(13)14(2)11-27-4)20(25)12-28-21(26)9-8-16-18(22)6-5-7-19(16)23/h5-10,14H,11-12H2,1-4H3/b9-8+/t14-/m0/s1. The van der Waals surface area contributed by atoms with Gasteiger partial charge in [0, 0.05) is 35.7 Å². The molecule has 5 nitrogen and oxygen atoms in total. The van der Waals surface area contributed by atoms with Crippen molar-refractivity contribution in [2.75, 3.05) is 20.3 Å². The lowest BCUT2D eigenvalue weighted by Gasteiger charge is -2.17. The lowest BCUT2D eigenvalue weighted by Crippen LogP contribution is -2.16. The highest BCUT2D eigenvalue weighted by Gasteiger charge is 2.19. The van der Waals surface area contributed by atoms with E-state index in [2.05, 4.69) is 0 Å². The van der Waals surface area contributed by atoms with Crippen LogP contribution in [0.5, 0.6) is 0 Å². The molecule has 1 aromatic carbocycles. The molecule has 0 saturated carbocycles. The molecule has 2 rings (SSSR count). The molecule has 0 aliphatic heterocycles. The highest BCUT2D eigenvalue weighted by molar-refractivity contribution is 6.32. The second-order valence-electron chi connectivity index (χ2n) is 6.46. The van der Waals surface area contributed by atoms with Crippen molar-refractivity contribution in [1.82, 2.24) is 4.57 Å². The number of nitrogens with zero attached hydrogens (tertiary/aromatic N) is 1. The van der Waals surface area contributed by atoms with Gasteiger partial charge in [-0.2, -0.15) is 0 Å². The Morgan fingerprint density at radius 3 is 2.68 bits per heavy atom. The van der Waals surface area contributed by atoms with Gasteiger partial charge in [0.05, 0.1) is 17.7 Å². The van der Waals surface area contributed by atoms with E-state index >= 15 is 0 Å². The van der Waals surface area contributed by atoms with Crippen molar-refractivity contribution in [3.63, 3.8) is 0 Å². The number of rotatable bonds is 8. The summed E-state index contributed by atoms with van der Waals surface area (Å²) in [5.41, 5.74) is 2.29. The third-order valence-electron chi connectivity index (χ3n) is 4.36. The lowest BCUT2D eigenvalue weighted by atomic mass is 10.1. The van der Waals surface area contributed by atoms with Crippen molar-refractivity contribution in [3.8, 4) is 0 Å². The normalized spacial score (nSPS) is 12.4. The highest BCUT2D eigenvalue weighted by Crippen LogP contribution is 2.22. The number of methoxy groups -OCH3 is 1. The number of aryl methyl sites for hydroxylation is 1. The van der Waals surface area contributed by atoms with Gasteiger partial charge >= 0.3 is 5.97 Å². The van der Waals surface area contributed by atoms with Crippen LogP contribution in [0.15, 0.2) is 30.3 Å². The number of hydrogen-bond acceptors (Lipinski definition) is 4. The number of carbonyl (C=O) groups is 2. The van der Waals surface area contributed by atoms with E-state index in [-0.39, 0.29) is 22.4 Å². The summed E-state index contributed by atoms with van der Waals surface area (Å²) in [6, 6.07) is 6.06. The van der Waals surface area contributed by atoms with E-state index < -0.39 is 18.4 Å². The molecule has 0 fully saturated rings. The first-order valence-electron chi connectivity index (χ1n) is 8.75.